The second kappa shape index (κ2) is 6.15. The van der Waals surface area contributed by atoms with Crippen LogP contribution in [0.2, 0.25) is 0 Å². The number of hydrogen-bond acceptors (Lipinski definition) is 4. The molecule has 102 valence electrons. The summed E-state index contributed by atoms with van der Waals surface area (Å²) in [5.74, 6) is 0. The van der Waals surface area contributed by atoms with Gasteiger partial charge in [0.2, 0.25) is 10.0 Å². The van der Waals surface area contributed by atoms with Crippen molar-refractivity contribution in [1.82, 2.24) is 4.31 Å². The fourth-order valence-corrected chi connectivity index (χ4v) is 3.45. The first-order chi connectivity index (χ1) is 9.14. The topological polar surface area (TPSA) is 70.4 Å². The fraction of sp³-hybridized carbons (Fsp3) is 0.462. The van der Waals surface area contributed by atoms with Gasteiger partial charge in [0, 0.05) is 19.7 Å². The lowest BCUT2D eigenvalue weighted by Crippen LogP contribution is -2.33. The van der Waals surface area contributed by atoms with Crippen LogP contribution in [0.15, 0.2) is 29.2 Å². The normalized spacial score (nSPS) is 17.6. The maximum atomic E-state index is 12.4. The molecule has 0 aliphatic carbocycles. The molecule has 0 unspecified atom stereocenters. The number of ether oxygens (including phenoxy) is 1. The van der Waals surface area contributed by atoms with Gasteiger partial charge < -0.3 is 4.74 Å². The Balaban J connectivity index is 2.20. The van der Waals surface area contributed by atoms with Crippen molar-refractivity contribution in [3.8, 4) is 6.07 Å². The molecule has 0 atom stereocenters. The minimum Gasteiger partial charge on any atom is -0.380 e. The van der Waals surface area contributed by atoms with E-state index in [0.29, 0.717) is 32.7 Å². The molecule has 0 radical (unpaired) electrons. The molecule has 1 aromatic carbocycles. The molecule has 0 amide bonds. The fourth-order valence-electron chi connectivity index (χ4n) is 1.98. The predicted molar refractivity (Wildman–Crippen MR) is 70.0 cm³/mol. The van der Waals surface area contributed by atoms with Gasteiger partial charge in [-0.15, -0.1) is 0 Å². The van der Waals surface area contributed by atoms with Crippen LogP contribution in [0, 0.1) is 11.3 Å². The lowest BCUT2D eigenvalue weighted by molar-refractivity contribution is 0.148. The molecule has 1 heterocycles. The SMILES string of the molecule is N#CCc1ccc(S(=O)(=O)N2CCCOCC2)cc1. The average molecular weight is 280 g/mol. The molecule has 0 saturated carbocycles. The molecule has 1 aromatic rings. The van der Waals surface area contributed by atoms with Crippen molar-refractivity contribution in [1.29, 1.82) is 5.26 Å². The van der Waals surface area contributed by atoms with E-state index in [9.17, 15) is 8.42 Å². The van der Waals surface area contributed by atoms with Crippen LogP contribution in [0.3, 0.4) is 0 Å². The van der Waals surface area contributed by atoms with E-state index < -0.39 is 10.0 Å². The summed E-state index contributed by atoms with van der Waals surface area (Å²) >= 11 is 0. The Morgan fingerprint density at radius 3 is 2.63 bits per heavy atom. The average Bonchev–Trinajstić information content (AvgIpc) is 2.69. The van der Waals surface area contributed by atoms with Crippen molar-refractivity contribution in [2.45, 2.75) is 17.7 Å². The lowest BCUT2D eigenvalue weighted by atomic mass is 10.2. The molecule has 1 aliphatic rings. The van der Waals surface area contributed by atoms with Crippen molar-refractivity contribution in [3.63, 3.8) is 0 Å². The number of sulfonamides is 1. The second-order valence-corrected chi connectivity index (χ2v) is 6.29. The van der Waals surface area contributed by atoms with Crippen LogP contribution < -0.4 is 0 Å². The molecular formula is C13H16N2O3S. The molecule has 0 spiro atoms. The zero-order valence-electron chi connectivity index (χ0n) is 10.6. The van der Waals surface area contributed by atoms with Crippen LogP contribution in [0.5, 0.6) is 0 Å². The monoisotopic (exact) mass is 280 g/mol. The predicted octanol–water partition coefficient (Wildman–Crippen LogP) is 1.16. The van der Waals surface area contributed by atoms with E-state index in [-0.39, 0.29) is 11.3 Å². The smallest absolute Gasteiger partial charge is 0.243 e. The standard InChI is InChI=1S/C13H16N2O3S/c14-7-6-12-2-4-13(5-3-12)19(16,17)15-8-1-10-18-11-9-15/h2-5H,1,6,8-11H2. The Labute approximate surface area is 113 Å². The Hall–Kier alpha value is -1.42. The molecule has 1 saturated heterocycles. The van der Waals surface area contributed by atoms with E-state index >= 15 is 0 Å². The number of benzene rings is 1. The number of hydrogen-bond donors (Lipinski definition) is 0. The van der Waals surface area contributed by atoms with Gasteiger partial charge in [-0.3, -0.25) is 0 Å². The quantitative estimate of drug-likeness (QED) is 0.833. The Morgan fingerprint density at radius 2 is 1.95 bits per heavy atom. The van der Waals surface area contributed by atoms with Gasteiger partial charge in [-0.25, -0.2) is 8.42 Å². The summed E-state index contributed by atoms with van der Waals surface area (Å²) in [5, 5.41) is 8.59. The highest BCUT2D eigenvalue weighted by molar-refractivity contribution is 7.89. The number of rotatable bonds is 3. The van der Waals surface area contributed by atoms with Gasteiger partial charge in [-0.2, -0.15) is 9.57 Å². The van der Waals surface area contributed by atoms with Crippen molar-refractivity contribution in [2.75, 3.05) is 26.3 Å². The summed E-state index contributed by atoms with van der Waals surface area (Å²) in [4.78, 5) is 0.274. The maximum absolute atomic E-state index is 12.4. The van der Waals surface area contributed by atoms with E-state index in [2.05, 4.69) is 0 Å². The first kappa shape index (κ1) is 14.0. The van der Waals surface area contributed by atoms with Crippen molar-refractivity contribution in [3.05, 3.63) is 29.8 Å². The molecular weight excluding hydrogens is 264 g/mol. The van der Waals surface area contributed by atoms with Crippen molar-refractivity contribution < 1.29 is 13.2 Å². The van der Waals surface area contributed by atoms with E-state index in [1.165, 1.54) is 4.31 Å². The maximum Gasteiger partial charge on any atom is 0.243 e. The van der Waals surface area contributed by atoms with Gasteiger partial charge in [0.15, 0.2) is 0 Å². The van der Waals surface area contributed by atoms with E-state index in [1.54, 1.807) is 24.3 Å². The third-order valence-corrected chi connectivity index (χ3v) is 4.94. The molecule has 1 aliphatic heterocycles. The van der Waals surface area contributed by atoms with E-state index in [0.717, 1.165) is 5.56 Å². The van der Waals surface area contributed by atoms with Crippen LogP contribution in [-0.4, -0.2) is 39.0 Å². The highest BCUT2D eigenvalue weighted by Gasteiger charge is 2.25. The molecule has 2 rings (SSSR count). The summed E-state index contributed by atoms with van der Waals surface area (Å²) in [7, 11) is -3.45. The summed E-state index contributed by atoms with van der Waals surface area (Å²) in [6.45, 7) is 1.92. The third-order valence-electron chi connectivity index (χ3n) is 3.03. The van der Waals surface area contributed by atoms with Gasteiger partial charge in [0.1, 0.15) is 0 Å². The molecule has 1 fully saturated rings. The van der Waals surface area contributed by atoms with Gasteiger partial charge in [0.25, 0.3) is 0 Å². The van der Waals surface area contributed by atoms with Gasteiger partial charge in [-0.05, 0) is 24.1 Å². The zero-order chi connectivity index (χ0) is 13.7. The van der Waals surface area contributed by atoms with Gasteiger partial charge in [-0.1, -0.05) is 12.1 Å². The lowest BCUT2D eigenvalue weighted by Gasteiger charge is -2.19. The molecule has 0 aromatic heterocycles. The minimum atomic E-state index is -3.45. The van der Waals surface area contributed by atoms with Crippen molar-refractivity contribution >= 4 is 10.0 Å². The summed E-state index contributed by atoms with van der Waals surface area (Å²) in [5.41, 5.74) is 0.820. The van der Waals surface area contributed by atoms with Crippen LogP contribution in [-0.2, 0) is 21.2 Å². The van der Waals surface area contributed by atoms with Crippen LogP contribution in [0.4, 0.5) is 0 Å². The molecule has 0 N–H and O–H groups in total. The van der Waals surface area contributed by atoms with Crippen LogP contribution in [0.1, 0.15) is 12.0 Å². The first-order valence-electron chi connectivity index (χ1n) is 6.18. The van der Waals surface area contributed by atoms with E-state index in [4.69, 9.17) is 10.00 Å². The Morgan fingerprint density at radius 1 is 1.21 bits per heavy atom. The first-order valence-corrected chi connectivity index (χ1v) is 7.62. The molecule has 5 nitrogen and oxygen atoms in total. The molecule has 0 bridgehead atoms. The zero-order valence-corrected chi connectivity index (χ0v) is 11.4. The molecule has 6 heteroatoms. The third kappa shape index (κ3) is 3.32. The largest absolute Gasteiger partial charge is 0.380 e. The summed E-state index contributed by atoms with van der Waals surface area (Å²) in [6, 6.07) is 8.53. The minimum absolute atomic E-state index is 0.274. The Kier molecular flexibility index (Phi) is 4.53. The highest BCUT2D eigenvalue weighted by atomic mass is 32.2. The van der Waals surface area contributed by atoms with Gasteiger partial charge in [0.05, 0.1) is 24.0 Å². The summed E-state index contributed by atoms with van der Waals surface area (Å²) < 4.78 is 31.6. The molecule has 19 heavy (non-hydrogen) atoms. The number of nitrogens with zero attached hydrogens (tertiary/aromatic N) is 2. The second-order valence-electron chi connectivity index (χ2n) is 4.35. The van der Waals surface area contributed by atoms with E-state index in [1.807, 2.05) is 6.07 Å². The van der Waals surface area contributed by atoms with Gasteiger partial charge >= 0.3 is 0 Å². The summed E-state index contributed by atoms with van der Waals surface area (Å²) in [6.07, 6.45) is 1.00. The highest BCUT2D eigenvalue weighted by Crippen LogP contribution is 2.18. The van der Waals surface area contributed by atoms with Crippen LogP contribution in [0.25, 0.3) is 0 Å². The number of nitriles is 1. The Bertz CT molecular complexity index is 553. The van der Waals surface area contributed by atoms with Crippen molar-refractivity contribution in [2.24, 2.45) is 0 Å². The van der Waals surface area contributed by atoms with Crippen LogP contribution >= 0.6 is 0 Å².